The van der Waals surface area contributed by atoms with Gasteiger partial charge in [-0.2, -0.15) is 0 Å². The number of benzene rings is 3. The van der Waals surface area contributed by atoms with E-state index in [0.29, 0.717) is 0 Å². The van der Waals surface area contributed by atoms with Crippen molar-refractivity contribution in [1.82, 2.24) is 0 Å². The fraction of sp³-hybridized carbons (Fsp3) is 0.0588. The summed E-state index contributed by atoms with van der Waals surface area (Å²) in [6, 6.07) is 15.4. The van der Waals surface area contributed by atoms with Crippen molar-refractivity contribution in [2.45, 2.75) is 6.92 Å². The predicted molar refractivity (Wildman–Crippen MR) is 87.6 cm³/mol. The highest BCUT2D eigenvalue weighted by molar-refractivity contribution is 5.95. The number of nitrogens with zero attached hydrogens (tertiary/aromatic N) is 3. The van der Waals surface area contributed by atoms with Gasteiger partial charge in [0.05, 0.1) is 4.92 Å². The summed E-state index contributed by atoms with van der Waals surface area (Å²) in [4.78, 5) is 10.6. The summed E-state index contributed by atoms with van der Waals surface area (Å²) in [5, 5.41) is 30.8. The molecule has 0 amide bonds. The molecule has 0 radical (unpaired) electrons. The Morgan fingerprint density at radius 3 is 2.61 bits per heavy atom. The Hall–Kier alpha value is -3.28. The van der Waals surface area contributed by atoms with Crippen molar-refractivity contribution in [2.24, 2.45) is 10.2 Å². The molecule has 3 aromatic rings. The van der Waals surface area contributed by atoms with E-state index in [-0.39, 0.29) is 22.8 Å². The lowest BCUT2D eigenvalue weighted by Gasteiger charge is -2.03. The number of phenolic OH excluding ortho intramolecular Hbond substituents is 1. The lowest BCUT2D eigenvalue weighted by Crippen LogP contribution is -1.88. The molecule has 3 aromatic carbocycles. The molecular weight excluding hydrogens is 294 g/mol. The third-order valence-electron chi connectivity index (χ3n) is 3.46. The Balaban J connectivity index is 2.11. The van der Waals surface area contributed by atoms with Crippen LogP contribution in [0.2, 0.25) is 0 Å². The summed E-state index contributed by atoms with van der Waals surface area (Å²) < 4.78 is 0. The number of nitro groups is 1. The van der Waals surface area contributed by atoms with Gasteiger partial charge in [-0.1, -0.05) is 36.4 Å². The van der Waals surface area contributed by atoms with E-state index in [2.05, 4.69) is 10.2 Å². The van der Waals surface area contributed by atoms with E-state index in [4.69, 9.17) is 0 Å². The molecule has 0 aliphatic carbocycles. The normalized spacial score (nSPS) is 11.2. The molecule has 0 heterocycles. The van der Waals surface area contributed by atoms with Crippen molar-refractivity contribution in [3.63, 3.8) is 0 Å². The van der Waals surface area contributed by atoms with Crippen LogP contribution >= 0.6 is 0 Å². The summed E-state index contributed by atoms with van der Waals surface area (Å²) in [6.45, 7) is 1.77. The molecule has 0 aliphatic heterocycles. The number of phenols is 1. The van der Waals surface area contributed by atoms with Gasteiger partial charge in [0.1, 0.15) is 11.4 Å². The average Bonchev–Trinajstić information content (AvgIpc) is 2.54. The zero-order chi connectivity index (χ0) is 16.4. The van der Waals surface area contributed by atoms with Gasteiger partial charge in [-0.05, 0) is 30.0 Å². The van der Waals surface area contributed by atoms with E-state index in [1.807, 2.05) is 24.3 Å². The Kier molecular flexibility index (Phi) is 3.72. The van der Waals surface area contributed by atoms with Gasteiger partial charge in [-0.15, -0.1) is 10.2 Å². The van der Waals surface area contributed by atoms with E-state index < -0.39 is 4.92 Å². The highest BCUT2D eigenvalue weighted by Gasteiger charge is 2.14. The summed E-state index contributed by atoms with van der Waals surface area (Å²) in [5.41, 5.74) is 1.09. The van der Waals surface area contributed by atoms with Crippen LogP contribution in [0.25, 0.3) is 10.8 Å². The highest BCUT2D eigenvalue weighted by Crippen LogP contribution is 2.37. The van der Waals surface area contributed by atoms with Crippen LogP contribution in [0.15, 0.2) is 64.8 Å². The van der Waals surface area contributed by atoms with Crippen molar-refractivity contribution < 1.29 is 10.0 Å². The van der Waals surface area contributed by atoms with Crippen molar-refractivity contribution >= 4 is 27.8 Å². The number of aryl methyl sites for hydroxylation is 1. The first-order chi connectivity index (χ1) is 11.1. The first-order valence-electron chi connectivity index (χ1n) is 6.94. The molecule has 1 N–H and O–H groups in total. The van der Waals surface area contributed by atoms with Crippen LogP contribution in [0.1, 0.15) is 5.56 Å². The second-order valence-electron chi connectivity index (χ2n) is 5.10. The summed E-state index contributed by atoms with van der Waals surface area (Å²) in [5.74, 6) is -0.0257. The smallest absolute Gasteiger partial charge is 0.296 e. The third-order valence-corrected chi connectivity index (χ3v) is 3.46. The zero-order valence-corrected chi connectivity index (χ0v) is 12.3. The van der Waals surface area contributed by atoms with Gasteiger partial charge in [-0.25, -0.2) is 0 Å². The molecule has 0 spiro atoms. The van der Waals surface area contributed by atoms with Crippen LogP contribution in [0.5, 0.6) is 5.75 Å². The first kappa shape index (κ1) is 14.6. The molecule has 0 saturated heterocycles. The largest absolute Gasteiger partial charge is 0.506 e. The number of nitro benzene ring substituents is 1. The molecule has 0 aromatic heterocycles. The summed E-state index contributed by atoms with van der Waals surface area (Å²) in [6.07, 6.45) is 0. The van der Waals surface area contributed by atoms with Gasteiger partial charge < -0.3 is 5.11 Å². The van der Waals surface area contributed by atoms with E-state index in [1.54, 1.807) is 25.1 Å². The Morgan fingerprint density at radius 1 is 1.04 bits per heavy atom. The fourth-order valence-corrected chi connectivity index (χ4v) is 2.32. The second-order valence-corrected chi connectivity index (χ2v) is 5.10. The van der Waals surface area contributed by atoms with Crippen LogP contribution in [-0.2, 0) is 0 Å². The van der Waals surface area contributed by atoms with Gasteiger partial charge in [-0.3, -0.25) is 10.1 Å². The minimum Gasteiger partial charge on any atom is -0.506 e. The summed E-state index contributed by atoms with van der Waals surface area (Å²) in [7, 11) is 0. The lowest BCUT2D eigenvalue weighted by atomic mass is 10.1. The van der Waals surface area contributed by atoms with Crippen LogP contribution in [0.3, 0.4) is 0 Å². The van der Waals surface area contributed by atoms with Crippen molar-refractivity contribution in [3.05, 3.63) is 70.3 Å². The van der Waals surface area contributed by atoms with Gasteiger partial charge >= 0.3 is 0 Å². The number of rotatable bonds is 3. The molecule has 0 unspecified atom stereocenters. The minimum atomic E-state index is -0.496. The van der Waals surface area contributed by atoms with Crippen LogP contribution in [0, 0.1) is 17.0 Å². The maximum atomic E-state index is 11.1. The molecule has 114 valence electrons. The van der Waals surface area contributed by atoms with Gasteiger partial charge in [0.15, 0.2) is 5.69 Å². The molecule has 23 heavy (non-hydrogen) atoms. The number of hydrogen-bond acceptors (Lipinski definition) is 5. The fourth-order valence-electron chi connectivity index (χ4n) is 2.32. The van der Waals surface area contributed by atoms with Crippen molar-refractivity contribution in [1.29, 1.82) is 0 Å². The molecule has 0 bridgehead atoms. The van der Waals surface area contributed by atoms with Gasteiger partial charge in [0.25, 0.3) is 5.69 Å². The van der Waals surface area contributed by atoms with Crippen LogP contribution < -0.4 is 0 Å². The maximum absolute atomic E-state index is 11.1. The van der Waals surface area contributed by atoms with Gasteiger partial charge in [0, 0.05) is 11.5 Å². The first-order valence-corrected chi connectivity index (χ1v) is 6.94. The van der Waals surface area contributed by atoms with Crippen molar-refractivity contribution in [2.75, 3.05) is 0 Å². The molecule has 6 heteroatoms. The van der Waals surface area contributed by atoms with E-state index >= 15 is 0 Å². The van der Waals surface area contributed by atoms with Crippen LogP contribution in [-0.4, -0.2) is 10.0 Å². The predicted octanol–water partition coefficient (Wildman–Crippen LogP) is 5.18. The average molecular weight is 307 g/mol. The minimum absolute atomic E-state index is 0.0257. The monoisotopic (exact) mass is 307 g/mol. The Labute approximate surface area is 131 Å². The highest BCUT2D eigenvalue weighted by atomic mass is 16.6. The molecule has 0 saturated carbocycles. The topological polar surface area (TPSA) is 88.1 Å². The maximum Gasteiger partial charge on any atom is 0.296 e. The lowest BCUT2D eigenvalue weighted by molar-refractivity contribution is -0.384. The van der Waals surface area contributed by atoms with E-state index in [0.717, 1.165) is 16.3 Å². The molecule has 0 aliphatic rings. The van der Waals surface area contributed by atoms with Gasteiger partial charge in [0.2, 0.25) is 0 Å². The SMILES string of the molecule is Cc1ccc(/N=N\c2c(O)ccc3ccccc23)c([N+](=O)[O-])c1. The molecule has 0 fully saturated rings. The van der Waals surface area contributed by atoms with Crippen LogP contribution in [0.4, 0.5) is 17.1 Å². The second kappa shape index (κ2) is 5.84. The van der Waals surface area contributed by atoms with Crippen molar-refractivity contribution in [3.8, 4) is 5.75 Å². The number of fused-ring (bicyclic) bond motifs is 1. The number of aromatic hydroxyl groups is 1. The zero-order valence-electron chi connectivity index (χ0n) is 12.3. The molecule has 0 atom stereocenters. The number of azo groups is 1. The molecule has 3 rings (SSSR count). The Morgan fingerprint density at radius 2 is 1.83 bits per heavy atom. The standard InChI is InChI=1S/C17H13N3O3/c1-11-6-8-14(15(10-11)20(22)23)18-19-17-13-5-3-2-4-12(13)7-9-16(17)21/h2-10,21H,1H3/b19-18-. The third kappa shape index (κ3) is 2.87. The summed E-state index contributed by atoms with van der Waals surface area (Å²) >= 11 is 0. The quantitative estimate of drug-likeness (QED) is 0.411. The van der Waals surface area contributed by atoms with E-state index in [9.17, 15) is 15.2 Å². The molecule has 6 nitrogen and oxygen atoms in total. The Bertz CT molecular complexity index is 936. The molecular formula is C17H13N3O3. The van der Waals surface area contributed by atoms with E-state index in [1.165, 1.54) is 12.1 Å². The number of hydrogen-bond donors (Lipinski definition) is 1.